The van der Waals surface area contributed by atoms with Gasteiger partial charge in [-0.15, -0.1) is 4.98 Å². The fourth-order valence-corrected chi connectivity index (χ4v) is 2.39. The van der Waals surface area contributed by atoms with Gasteiger partial charge in [-0.05, 0) is 52.4 Å². The predicted molar refractivity (Wildman–Crippen MR) is 81.8 cm³/mol. The van der Waals surface area contributed by atoms with Gasteiger partial charge in [0, 0.05) is 6.54 Å². The highest BCUT2D eigenvalue weighted by atomic mass is 16.5. The second kappa shape index (κ2) is 7.43. The molecule has 1 heterocycles. The Kier molecular flexibility index (Phi) is 5.59. The third kappa shape index (κ3) is 5.02. The zero-order valence-electron chi connectivity index (χ0n) is 13.4. The van der Waals surface area contributed by atoms with Gasteiger partial charge in [-0.25, -0.2) is 0 Å². The van der Waals surface area contributed by atoms with Crippen molar-refractivity contribution >= 4 is 5.95 Å². The van der Waals surface area contributed by atoms with Crippen molar-refractivity contribution in [2.24, 2.45) is 5.92 Å². The summed E-state index contributed by atoms with van der Waals surface area (Å²) in [6.07, 6.45) is 4.74. The molecule has 0 radical (unpaired) electrons. The summed E-state index contributed by atoms with van der Waals surface area (Å²) in [6, 6.07) is 0.672. The number of nitrogens with zero attached hydrogens (tertiary/aromatic N) is 3. The van der Waals surface area contributed by atoms with Crippen LogP contribution in [0.4, 0.5) is 5.95 Å². The van der Waals surface area contributed by atoms with Crippen LogP contribution in [0.3, 0.4) is 0 Å². The molecule has 21 heavy (non-hydrogen) atoms. The van der Waals surface area contributed by atoms with Crippen molar-refractivity contribution in [1.29, 1.82) is 0 Å². The Balaban J connectivity index is 2.07. The largest absolute Gasteiger partial charge is 0.461 e. The maximum atomic E-state index is 5.93. The smallest absolute Gasteiger partial charge is 0.324 e. The second-order valence-corrected chi connectivity index (χ2v) is 5.92. The van der Waals surface area contributed by atoms with E-state index in [4.69, 9.17) is 9.47 Å². The van der Waals surface area contributed by atoms with E-state index in [-0.39, 0.29) is 12.2 Å². The molecule has 0 amide bonds. The molecular weight excluding hydrogens is 268 g/mol. The highest BCUT2D eigenvalue weighted by molar-refractivity contribution is 5.27. The van der Waals surface area contributed by atoms with E-state index in [2.05, 4.69) is 27.2 Å². The third-order valence-corrected chi connectivity index (χ3v) is 3.51. The van der Waals surface area contributed by atoms with E-state index in [1.54, 1.807) is 0 Å². The minimum atomic E-state index is 0.0188. The summed E-state index contributed by atoms with van der Waals surface area (Å²) < 4.78 is 11.5. The first kappa shape index (κ1) is 15.8. The van der Waals surface area contributed by atoms with Crippen LogP contribution in [0.1, 0.15) is 53.4 Å². The molecule has 1 fully saturated rings. The van der Waals surface area contributed by atoms with E-state index >= 15 is 0 Å². The van der Waals surface area contributed by atoms with Crippen molar-refractivity contribution in [2.75, 3.05) is 11.9 Å². The van der Waals surface area contributed by atoms with Crippen LogP contribution in [0.25, 0.3) is 0 Å². The summed E-state index contributed by atoms with van der Waals surface area (Å²) in [4.78, 5) is 12.8. The third-order valence-electron chi connectivity index (χ3n) is 3.51. The summed E-state index contributed by atoms with van der Waals surface area (Å²) in [6.45, 7) is 8.91. The van der Waals surface area contributed by atoms with Crippen LogP contribution < -0.4 is 14.8 Å². The van der Waals surface area contributed by atoms with E-state index in [1.807, 2.05) is 20.8 Å². The monoisotopic (exact) mass is 294 g/mol. The normalized spacial score (nSPS) is 22.1. The van der Waals surface area contributed by atoms with Crippen LogP contribution >= 0.6 is 0 Å². The Labute approximate surface area is 126 Å². The Morgan fingerprint density at radius 3 is 2.38 bits per heavy atom. The topological polar surface area (TPSA) is 69.2 Å². The van der Waals surface area contributed by atoms with Crippen LogP contribution in [-0.4, -0.2) is 33.7 Å². The molecule has 1 aromatic rings. The second-order valence-electron chi connectivity index (χ2n) is 5.92. The summed E-state index contributed by atoms with van der Waals surface area (Å²) in [5, 5.41) is 3.08. The SMILES string of the molecule is CCNc1nc(OC(C)C)nc(OC2CCC(C)CC2)n1. The number of anilines is 1. The van der Waals surface area contributed by atoms with Gasteiger partial charge in [-0.3, -0.25) is 0 Å². The Morgan fingerprint density at radius 2 is 1.76 bits per heavy atom. The molecule has 118 valence electrons. The van der Waals surface area contributed by atoms with Gasteiger partial charge in [0.05, 0.1) is 6.10 Å². The molecule has 1 N–H and O–H groups in total. The average molecular weight is 294 g/mol. The molecule has 6 heteroatoms. The van der Waals surface area contributed by atoms with Gasteiger partial charge in [0.2, 0.25) is 5.95 Å². The Morgan fingerprint density at radius 1 is 1.10 bits per heavy atom. The molecule has 0 spiro atoms. The molecule has 1 saturated carbocycles. The minimum Gasteiger partial charge on any atom is -0.461 e. The van der Waals surface area contributed by atoms with Crippen molar-refractivity contribution in [2.45, 2.75) is 65.6 Å². The number of ether oxygens (including phenoxy) is 2. The molecule has 1 aliphatic carbocycles. The first-order chi connectivity index (χ1) is 10.1. The van der Waals surface area contributed by atoms with E-state index in [9.17, 15) is 0 Å². The minimum absolute atomic E-state index is 0.0188. The molecule has 1 aliphatic rings. The quantitative estimate of drug-likeness (QED) is 0.869. The predicted octanol–water partition coefficient (Wildman–Crippen LogP) is 3.05. The van der Waals surface area contributed by atoms with E-state index in [0.29, 0.717) is 18.0 Å². The molecule has 1 aromatic heterocycles. The molecule has 0 atom stereocenters. The van der Waals surface area contributed by atoms with Crippen molar-refractivity contribution in [3.05, 3.63) is 0 Å². The molecule has 0 unspecified atom stereocenters. The molecule has 0 aliphatic heterocycles. The zero-order valence-corrected chi connectivity index (χ0v) is 13.4. The van der Waals surface area contributed by atoms with Gasteiger partial charge < -0.3 is 14.8 Å². The summed E-state index contributed by atoms with van der Waals surface area (Å²) >= 11 is 0. The molecular formula is C15H26N4O2. The van der Waals surface area contributed by atoms with Gasteiger partial charge in [0.15, 0.2) is 0 Å². The average Bonchev–Trinajstić information content (AvgIpc) is 2.41. The lowest BCUT2D eigenvalue weighted by Gasteiger charge is -2.26. The Bertz CT molecular complexity index is 445. The molecule has 6 nitrogen and oxygen atoms in total. The van der Waals surface area contributed by atoms with E-state index in [0.717, 1.165) is 25.3 Å². The van der Waals surface area contributed by atoms with E-state index < -0.39 is 0 Å². The Hall–Kier alpha value is -1.59. The van der Waals surface area contributed by atoms with Crippen LogP contribution in [0.5, 0.6) is 12.0 Å². The van der Waals surface area contributed by atoms with Gasteiger partial charge in [-0.1, -0.05) is 6.92 Å². The van der Waals surface area contributed by atoms with Crippen LogP contribution in [-0.2, 0) is 0 Å². The number of rotatable bonds is 6. The molecule has 0 aromatic carbocycles. The lowest BCUT2D eigenvalue weighted by molar-refractivity contribution is 0.121. The van der Waals surface area contributed by atoms with Gasteiger partial charge in [-0.2, -0.15) is 9.97 Å². The van der Waals surface area contributed by atoms with Crippen molar-refractivity contribution in [3.63, 3.8) is 0 Å². The van der Waals surface area contributed by atoms with Crippen LogP contribution in [0.15, 0.2) is 0 Å². The fourth-order valence-electron chi connectivity index (χ4n) is 2.39. The van der Waals surface area contributed by atoms with Gasteiger partial charge >= 0.3 is 12.0 Å². The highest BCUT2D eigenvalue weighted by Gasteiger charge is 2.21. The lowest BCUT2D eigenvalue weighted by Crippen LogP contribution is -2.24. The molecule has 0 bridgehead atoms. The first-order valence-electron chi connectivity index (χ1n) is 7.90. The first-order valence-corrected chi connectivity index (χ1v) is 7.90. The summed E-state index contributed by atoms with van der Waals surface area (Å²) in [5.41, 5.74) is 0. The maximum absolute atomic E-state index is 5.93. The standard InChI is InChI=1S/C15H26N4O2/c1-5-16-13-17-14(20-10(2)3)19-15(18-13)21-12-8-6-11(4)7-9-12/h10-12H,5-9H2,1-4H3,(H,16,17,18,19). The van der Waals surface area contributed by atoms with Crippen LogP contribution in [0.2, 0.25) is 0 Å². The van der Waals surface area contributed by atoms with Crippen molar-refractivity contribution < 1.29 is 9.47 Å². The number of hydrogen-bond donors (Lipinski definition) is 1. The van der Waals surface area contributed by atoms with Gasteiger partial charge in [0.25, 0.3) is 0 Å². The van der Waals surface area contributed by atoms with Gasteiger partial charge in [0.1, 0.15) is 6.10 Å². The highest BCUT2D eigenvalue weighted by Crippen LogP contribution is 2.26. The maximum Gasteiger partial charge on any atom is 0.324 e. The van der Waals surface area contributed by atoms with Crippen LogP contribution in [0, 0.1) is 5.92 Å². The summed E-state index contributed by atoms with van der Waals surface area (Å²) in [7, 11) is 0. The number of hydrogen-bond acceptors (Lipinski definition) is 6. The lowest BCUT2D eigenvalue weighted by atomic mass is 9.89. The summed E-state index contributed by atoms with van der Waals surface area (Å²) in [5.74, 6) is 1.29. The van der Waals surface area contributed by atoms with E-state index in [1.165, 1.54) is 12.8 Å². The fraction of sp³-hybridized carbons (Fsp3) is 0.800. The zero-order chi connectivity index (χ0) is 15.2. The molecule has 0 saturated heterocycles. The number of nitrogens with one attached hydrogen (secondary N) is 1. The van der Waals surface area contributed by atoms with Crippen molar-refractivity contribution in [3.8, 4) is 12.0 Å². The molecule has 2 rings (SSSR count). The number of aromatic nitrogens is 3. The van der Waals surface area contributed by atoms with Crippen molar-refractivity contribution in [1.82, 2.24) is 15.0 Å².